The number of ketones is 1. The molecule has 0 bridgehead atoms. The Bertz CT molecular complexity index is 470. The first-order valence-corrected chi connectivity index (χ1v) is 6.43. The van der Waals surface area contributed by atoms with Crippen molar-refractivity contribution in [3.8, 4) is 0 Å². The number of amides is 1. The molecule has 0 aliphatic carbocycles. The van der Waals surface area contributed by atoms with Gasteiger partial charge in [-0.05, 0) is 37.6 Å². The summed E-state index contributed by atoms with van der Waals surface area (Å²) in [7, 11) is 0. The summed E-state index contributed by atoms with van der Waals surface area (Å²) < 4.78 is 0. The molecule has 1 amide bonds. The molecule has 1 aliphatic heterocycles. The minimum absolute atomic E-state index is 0.0175. The molecule has 102 valence electrons. The maximum absolute atomic E-state index is 11.8. The second-order valence-electron chi connectivity index (χ2n) is 4.97. The maximum Gasteiger partial charge on any atom is 0.238 e. The Hall–Kier alpha value is -1.72. The molecule has 1 atom stereocenters. The van der Waals surface area contributed by atoms with Crippen LogP contribution in [0.3, 0.4) is 0 Å². The first kappa shape index (κ1) is 13.7. The molecule has 2 rings (SSSR count). The lowest BCUT2D eigenvalue weighted by Crippen LogP contribution is -2.33. The SMILES string of the molecule is CC(=O)c1ccc(NC(=O)CN2CC[C@@H](N)C2)cc1. The number of nitrogens with zero attached hydrogens (tertiary/aromatic N) is 1. The van der Waals surface area contributed by atoms with Gasteiger partial charge in [-0.1, -0.05) is 0 Å². The fourth-order valence-electron chi connectivity index (χ4n) is 2.20. The van der Waals surface area contributed by atoms with E-state index in [-0.39, 0.29) is 17.7 Å². The van der Waals surface area contributed by atoms with E-state index in [1.807, 2.05) is 4.90 Å². The normalized spacial score (nSPS) is 19.4. The zero-order chi connectivity index (χ0) is 13.8. The number of rotatable bonds is 4. The van der Waals surface area contributed by atoms with Crippen molar-refractivity contribution in [3.63, 3.8) is 0 Å². The van der Waals surface area contributed by atoms with Crippen molar-refractivity contribution >= 4 is 17.4 Å². The zero-order valence-electron chi connectivity index (χ0n) is 11.1. The maximum atomic E-state index is 11.8. The van der Waals surface area contributed by atoms with Crippen LogP contribution in [0.4, 0.5) is 5.69 Å². The van der Waals surface area contributed by atoms with Gasteiger partial charge in [-0.25, -0.2) is 0 Å². The predicted octanol–water partition coefficient (Wildman–Crippen LogP) is 0.861. The van der Waals surface area contributed by atoms with Crippen molar-refractivity contribution in [1.82, 2.24) is 4.90 Å². The highest BCUT2D eigenvalue weighted by molar-refractivity contribution is 5.96. The average molecular weight is 261 g/mol. The van der Waals surface area contributed by atoms with Crippen LogP contribution in [0.25, 0.3) is 0 Å². The molecule has 0 unspecified atom stereocenters. The summed E-state index contributed by atoms with van der Waals surface area (Å²) in [6.45, 7) is 3.53. The molecule has 5 heteroatoms. The van der Waals surface area contributed by atoms with Gasteiger partial charge in [-0.3, -0.25) is 14.5 Å². The van der Waals surface area contributed by atoms with Gasteiger partial charge in [0, 0.05) is 30.4 Å². The van der Waals surface area contributed by atoms with Crippen molar-refractivity contribution in [2.75, 3.05) is 25.0 Å². The van der Waals surface area contributed by atoms with E-state index in [0.29, 0.717) is 17.8 Å². The number of nitrogens with two attached hydrogens (primary N) is 1. The molecule has 0 aromatic heterocycles. The van der Waals surface area contributed by atoms with E-state index in [1.165, 1.54) is 6.92 Å². The number of benzene rings is 1. The van der Waals surface area contributed by atoms with Crippen LogP contribution in [0.15, 0.2) is 24.3 Å². The fraction of sp³-hybridized carbons (Fsp3) is 0.429. The van der Waals surface area contributed by atoms with Gasteiger partial charge in [-0.15, -0.1) is 0 Å². The quantitative estimate of drug-likeness (QED) is 0.788. The van der Waals surface area contributed by atoms with Gasteiger partial charge < -0.3 is 11.1 Å². The van der Waals surface area contributed by atoms with Crippen LogP contribution in [-0.4, -0.2) is 42.3 Å². The Balaban J connectivity index is 1.86. The van der Waals surface area contributed by atoms with E-state index in [0.717, 1.165) is 19.5 Å². The molecule has 1 saturated heterocycles. The summed E-state index contributed by atoms with van der Waals surface area (Å²) in [5, 5.41) is 2.82. The smallest absolute Gasteiger partial charge is 0.238 e. The van der Waals surface area contributed by atoms with Crippen LogP contribution in [-0.2, 0) is 4.79 Å². The van der Waals surface area contributed by atoms with Crippen molar-refractivity contribution in [2.24, 2.45) is 5.73 Å². The van der Waals surface area contributed by atoms with Gasteiger partial charge in [0.1, 0.15) is 0 Å². The molecule has 1 fully saturated rings. The fourth-order valence-corrected chi connectivity index (χ4v) is 2.20. The van der Waals surface area contributed by atoms with E-state index in [1.54, 1.807) is 24.3 Å². The molecular weight excluding hydrogens is 242 g/mol. The lowest BCUT2D eigenvalue weighted by atomic mass is 10.1. The second-order valence-corrected chi connectivity index (χ2v) is 4.97. The highest BCUT2D eigenvalue weighted by Crippen LogP contribution is 2.11. The number of likely N-dealkylation sites (tertiary alicyclic amines) is 1. The first-order chi connectivity index (χ1) is 9.04. The molecular formula is C14H19N3O2. The number of carbonyl (C=O) groups excluding carboxylic acids is 2. The molecule has 5 nitrogen and oxygen atoms in total. The second kappa shape index (κ2) is 5.95. The highest BCUT2D eigenvalue weighted by atomic mass is 16.2. The number of hydrogen-bond donors (Lipinski definition) is 2. The summed E-state index contributed by atoms with van der Waals surface area (Å²) in [5.41, 5.74) is 7.14. The number of carbonyl (C=O) groups is 2. The van der Waals surface area contributed by atoms with Gasteiger partial charge in [0.15, 0.2) is 5.78 Å². The van der Waals surface area contributed by atoms with Crippen LogP contribution in [0, 0.1) is 0 Å². The molecule has 1 aliphatic rings. The van der Waals surface area contributed by atoms with Gasteiger partial charge in [0.25, 0.3) is 0 Å². The molecule has 0 spiro atoms. The van der Waals surface area contributed by atoms with Crippen LogP contribution in [0.2, 0.25) is 0 Å². The van der Waals surface area contributed by atoms with E-state index in [2.05, 4.69) is 5.32 Å². The monoisotopic (exact) mass is 261 g/mol. The van der Waals surface area contributed by atoms with E-state index >= 15 is 0 Å². The first-order valence-electron chi connectivity index (χ1n) is 6.43. The van der Waals surface area contributed by atoms with E-state index in [4.69, 9.17) is 5.73 Å². The summed E-state index contributed by atoms with van der Waals surface area (Å²) >= 11 is 0. The summed E-state index contributed by atoms with van der Waals surface area (Å²) in [6, 6.07) is 7.09. The number of Topliss-reactive ketones (excluding diaryl/α,β-unsaturated/α-hetero) is 1. The molecule has 1 aromatic carbocycles. The molecule has 0 radical (unpaired) electrons. The van der Waals surface area contributed by atoms with Crippen LogP contribution < -0.4 is 11.1 Å². The third-order valence-corrected chi connectivity index (χ3v) is 3.25. The Morgan fingerprint density at radius 2 is 2.05 bits per heavy atom. The topological polar surface area (TPSA) is 75.4 Å². The zero-order valence-corrected chi connectivity index (χ0v) is 11.1. The van der Waals surface area contributed by atoms with E-state index < -0.39 is 0 Å². The van der Waals surface area contributed by atoms with Crippen LogP contribution in [0.1, 0.15) is 23.7 Å². The van der Waals surface area contributed by atoms with Crippen molar-refractivity contribution in [1.29, 1.82) is 0 Å². The molecule has 19 heavy (non-hydrogen) atoms. The molecule has 1 aromatic rings. The number of hydrogen-bond acceptors (Lipinski definition) is 4. The largest absolute Gasteiger partial charge is 0.326 e. The predicted molar refractivity (Wildman–Crippen MR) is 74.1 cm³/mol. The lowest BCUT2D eigenvalue weighted by Gasteiger charge is -2.14. The van der Waals surface area contributed by atoms with Crippen molar-refractivity contribution in [3.05, 3.63) is 29.8 Å². The van der Waals surface area contributed by atoms with Crippen molar-refractivity contribution < 1.29 is 9.59 Å². The molecule has 1 heterocycles. The number of nitrogens with one attached hydrogen (secondary N) is 1. The van der Waals surface area contributed by atoms with Crippen LogP contribution in [0.5, 0.6) is 0 Å². The average Bonchev–Trinajstić information content (AvgIpc) is 2.75. The van der Waals surface area contributed by atoms with Crippen molar-refractivity contribution in [2.45, 2.75) is 19.4 Å². The lowest BCUT2D eigenvalue weighted by molar-refractivity contribution is -0.117. The summed E-state index contributed by atoms with van der Waals surface area (Å²) in [4.78, 5) is 25.0. The standard InChI is InChI=1S/C14H19N3O2/c1-10(18)11-2-4-13(5-3-11)16-14(19)9-17-7-6-12(15)8-17/h2-5,12H,6-9,15H2,1H3,(H,16,19)/t12-/m1/s1. The Morgan fingerprint density at radius 1 is 1.37 bits per heavy atom. The summed E-state index contributed by atoms with van der Waals surface area (Å²) in [5.74, 6) is -0.0337. The van der Waals surface area contributed by atoms with E-state index in [9.17, 15) is 9.59 Å². The van der Waals surface area contributed by atoms with Gasteiger partial charge in [-0.2, -0.15) is 0 Å². The van der Waals surface area contributed by atoms with Gasteiger partial charge >= 0.3 is 0 Å². The van der Waals surface area contributed by atoms with Crippen LogP contribution >= 0.6 is 0 Å². The minimum Gasteiger partial charge on any atom is -0.326 e. The number of anilines is 1. The van der Waals surface area contributed by atoms with Gasteiger partial charge in [0.2, 0.25) is 5.91 Å². The minimum atomic E-state index is -0.0512. The molecule has 3 N–H and O–H groups in total. The highest BCUT2D eigenvalue weighted by Gasteiger charge is 2.20. The Labute approximate surface area is 112 Å². The third-order valence-electron chi connectivity index (χ3n) is 3.25. The summed E-state index contributed by atoms with van der Waals surface area (Å²) in [6.07, 6.45) is 0.945. The molecule has 0 saturated carbocycles. The third kappa shape index (κ3) is 3.87. The Kier molecular flexibility index (Phi) is 4.29. The van der Waals surface area contributed by atoms with Gasteiger partial charge in [0.05, 0.1) is 6.54 Å². The Morgan fingerprint density at radius 3 is 2.58 bits per heavy atom.